The van der Waals surface area contributed by atoms with Crippen LogP contribution < -0.4 is 11.6 Å². The molecule has 4 aromatic rings. The monoisotopic (exact) mass is 317 g/mol. The first kappa shape index (κ1) is 13.8. The molecule has 4 heteroatoms. The van der Waals surface area contributed by atoms with Gasteiger partial charge in [0, 0.05) is 25.7 Å². The van der Waals surface area contributed by atoms with Gasteiger partial charge in [-0.2, -0.15) is 5.10 Å². The average molecular weight is 317 g/mol. The van der Waals surface area contributed by atoms with E-state index in [1.807, 2.05) is 12.1 Å². The van der Waals surface area contributed by atoms with Gasteiger partial charge in [0.25, 0.3) is 0 Å². The van der Waals surface area contributed by atoms with Crippen LogP contribution in [0.4, 0.5) is 0 Å². The maximum absolute atomic E-state index is 5.83. The third-order valence-corrected chi connectivity index (χ3v) is 5.13. The quantitative estimate of drug-likeness (QED) is 0.250. The van der Waals surface area contributed by atoms with Crippen molar-refractivity contribution in [3.05, 3.63) is 72.3 Å². The zero-order chi connectivity index (χ0) is 15.8. The lowest BCUT2D eigenvalue weighted by Gasteiger charge is -2.05. The summed E-state index contributed by atoms with van der Waals surface area (Å²) in [6.07, 6.45) is 0. The lowest BCUT2D eigenvalue weighted by Crippen LogP contribution is -2.15. The number of thiophene rings is 1. The molecule has 3 aromatic carbocycles. The number of hydrazone groups is 1. The van der Waals surface area contributed by atoms with Crippen LogP contribution in [-0.2, 0) is 0 Å². The molecule has 0 amide bonds. The van der Waals surface area contributed by atoms with Gasteiger partial charge in [-0.3, -0.25) is 0 Å². The first-order valence-electron chi connectivity index (χ1n) is 7.32. The maximum Gasteiger partial charge on any atom is 0.150 e. The fourth-order valence-corrected chi connectivity index (χ4v) is 4.09. The molecule has 0 radical (unpaired) electrons. The topological polar surface area (TPSA) is 64.4 Å². The van der Waals surface area contributed by atoms with E-state index in [4.69, 9.17) is 11.6 Å². The predicted molar refractivity (Wildman–Crippen MR) is 99.7 cm³/mol. The van der Waals surface area contributed by atoms with Crippen molar-refractivity contribution >= 4 is 37.3 Å². The Kier molecular flexibility index (Phi) is 3.24. The van der Waals surface area contributed by atoms with Gasteiger partial charge in [-0.15, -0.1) is 11.3 Å². The summed E-state index contributed by atoms with van der Waals surface area (Å²) in [5.74, 6) is 5.64. The Bertz CT molecular complexity index is 1030. The number of hydrogen-bond donors (Lipinski definition) is 2. The van der Waals surface area contributed by atoms with E-state index in [1.54, 1.807) is 11.3 Å². The first-order valence-corrected chi connectivity index (χ1v) is 8.14. The Morgan fingerprint density at radius 3 is 2.48 bits per heavy atom. The van der Waals surface area contributed by atoms with E-state index in [9.17, 15) is 0 Å². The van der Waals surface area contributed by atoms with Crippen LogP contribution in [0.15, 0.2) is 71.8 Å². The van der Waals surface area contributed by atoms with Gasteiger partial charge in [0.05, 0.1) is 0 Å². The zero-order valence-corrected chi connectivity index (χ0v) is 13.2. The van der Waals surface area contributed by atoms with Crippen LogP contribution in [0, 0.1) is 0 Å². The number of fused-ring (bicyclic) bond motifs is 3. The standard InChI is InChI=1S/C19H15N3S/c20-19(22-21)13-9-10-15-17(11-13)23-16-8-4-7-14(18(15)16)12-5-2-1-3-6-12/h1-11H,21H2,(H2,20,22). The van der Waals surface area contributed by atoms with E-state index >= 15 is 0 Å². The average Bonchev–Trinajstić information content (AvgIpc) is 2.99. The summed E-state index contributed by atoms with van der Waals surface area (Å²) in [5.41, 5.74) is 9.16. The lowest BCUT2D eigenvalue weighted by atomic mass is 9.99. The first-order chi connectivity index (χ1) is 11.3. The Labute approximate surface area is 137 Å². The molecule has 112 valence electrons. The molecule has 0 aliphatic carbocycles. The Morgan fingerprint density at radius 1 is 0.870 bits per heavy atom. The molecule has 4 N–H and O–H groups in total. The van der Waals surface area contributed by atoms with Crippen LogP contribution >= 0.6 is 11.3 Å². The van der Waals surface area contributed by atoms with Crippen molar-refractivity contribution in [1.82, 2.24) is 0 Å². The van der Waals surface area contributed by atoms with Crippen LogP contribution in [0.2, 0.25) is 0 Å². The highest BCUT2D eigenvalue weighted by Crippen LogP contribution is 2.40. The minimum Gasteiger partial charge on any atom is -0.382 e. The number of benzene rings is 3. The van der Waals surface area contributed by atoms with Gasteiger partial charge in [-0.1, -0.05) is 54.6 Å². The number of hydrogen-bond acceptors (Lipinski definition) is 3. The molecule has 0 unspecified atom stereocenters. The fourth-order valence-electron chi connectivity index (χ4n) is 2.92. The largest absolute Gasteiger partial charge is 0.382 e. The van der Waals surface area contributed by atoms with Gasteiger partial charge < -0.3 is 11.6 Å². The van der Waals surface area contributed by atoms with Gasteiger partial charge >= 0.3 is 0 Å². The lowest BCUT2D eigenvalue weighted by molar-refractivity contribution is 1.23. The molecule has 23 heavy (non-hydrogen) atoms. The molecular formula is C19H15N3S. The molecule has 3 nitrogen and oxygen atoms in total. The third-order valence-electron chi connectivity index (χ3n) is 4.02. The van der Waals surface area contributed by atoms with Crippen LogP contribution in [0.25, 0.3) is 31.3 Å². The van der Waals surface area contributed by atoms with Crippen LogP contribution in [0.5, 0.6) is 0 Å². The van der Waals surface area contributed by atoms with Gasteiger partial charge in [-0.25, -0.2) is 0 Å². The molecule has 1 aromatic heterocycles. The molecule has 0 spiro atoms. The van der Waals surface area contributed by atoms with E-state index in [2.05, 4.69) is 59.7 Å². The van der Waals surface area contributed by atoms with E-state index in [-0.39, 0.29) is 0 Å². The van der Waals surface area contributed by atoms with Crippen LogP contribution in [0.1, 0.15) is 5.56 Å². The molecule has 0 aliphatic rings. The second kappa shape index (κ2) is 5.41. The van der Waals surface area contributed by atoms with E-state index in [0.717, 1.165) is 5.56 Å². The number of nitrogens with zero attached hydrogens (tertiary/aromatic N) is 1. The van der Waals surface area contributed by atoms with Crippen molar-refractivity contribution < 1.29 is 0 Å². The highest BCUT2D eigenvalue weighted by Gasteiger charge is 2.11. The molecule has 0 fully saturated rings. The highest BCUT2D eigenvalue weighted by atomic mass is 32.1. The predicted octanol–water partition coefficient (Wildman–Crippen LogP) is 4.30. The summed E-state index contributed by atoms with van der Waals surface area (Å²) in [7, 11) is 0. The smallest absolute Gasteiger partial charge is 0.150 e. The Balaban J connectivity index is 2.04. The molecule has 4 rings (SSSR count). The summed E-state index contributed by atoms with van der Waals surface area (Å²) in [6, 6.07) is 23.0. The Hall–Kier alpha value is -2.85. The number of rotatable bonds is 2. The molecule has 0 aliphatic heterocycles. The van der Waals surface area contributed by atoms with Crippen molar-refractivity contribution in [2.75, 3.05) is 0 Å². The molecule has 0 saturated heterocycles. The Morgan fingerprint density at radius 2 is 1.70 bits per heavy atom. The minimum atomic E-state index is 0.354. The molecular weight excluding hydrogens is 302 g/mol. The van der Waals surface area contributed by atoms with Crippen molar-refractivity contribution in [2.24, 2.45) is 16.7 Å². The summed E-state index contributed by atoms with van der Waals surface area (Å²) in [6.45, 7) is 0. The highest BCUT2D eigenvalue weighted by molar-refractivity contribution is 7.26. The maximum atomic E-state index is 5.83. The second-order valence-electron chi connectivity index (χ2n) is 5.37. The van der Waals surface area contributed by atoms with Crippen molar-refractivity contribution in [3.8, 4) is 11.1 Å². The molecule has 0 bridgehead atoms. The van der Waals surface area contributed by atoms with Crippen LogP contribution in [-0.4, -0.2) is 5.84 Å². The van der Waals surface area contributed by atoms with Crippen LogP contribution in [0.3, 0.4) is 0 Å². The summed E-state index contributed by atoms with van der Waals surface area (Å²) >= 11 is 1.76. The number of amidine groups is 1. The summed E-state index contributed by atoms with van der Waals surface area (Å²) < 4.78 is 2.45. The van der Waals surface area contributed by atoms with E-state index in [0.29, 0.717) is 5.84 Å². The van der Waals surface area contributed by atoms with Crippen molar-refractivity contribution in [1.29, 1.82) is 0 Å². The van der Waals surface area contributed by atoms with E-state index in [1.165, 1.54) is 31.3 Å². The zero-order valence-electron chi connectivity index (χ0n) is 12.4. The SMILES string of the molecule is N/N=C(\N)c1ccc2c(c1)sc1cccc(-c3ccccc3)c12. The van der Waals surface area contributed by atoms with Gasteiger partial charge in [0.15, 0.2) is 0 Å². The second-order valence-corrected chi connectivity index (χ2v) is 6.46. The minimum absolute atomic E-state index is 0.354. The molecule has 0 saturated carbocycles. The molecule has 1 heterocycles. The van der Waals surface area contributed by atoms with Gasteiger partial charge in [-0.05, 0) is 23.3 Å². The fraction of sp³-hybridized carbons (Fsp3) is 0. The van der Waals surface area contributed by atoms with Gasteiger partial charge in [0.2, 0.25) is 0 Å². The molecule has 0 atom stereocenters. The van der Waals surface area contributed by atoms with Gasteiger partial charge in [0.1, 0.15) is 5.84 Å². The van der Waals surface area contributed by atoms with Crippen molar-refractivity contribution in [3.63, 3.8) is 0 Å². The summed E-state index contributed by atoms with van der Waals surface area (Å²) in [5, 5.41) is 6.10. The number of nitrogens with two attached hydrogens (primary N) is 2. The third kappa shape index (κ3) is 2.24. The summed E-state index contributed by atoms with van der Waals surface area (Å²) in [4.78, 5) is 0. The normalized spacial score (nSPS) is 12.1. The van der Waals surface area contributed by atoms with E-state index < -0.39 is 0 Å². The van der Waals surface area contributed by atoms with Crippen molar-refractivity contribution in [2.45, 2.75) is 0 Å².